The molecule has 0 saturated carbocycles. The third kappa shape index (κ3) is 2.73. The number of aromatic nitrogens is 1. The standard InChI is InChI=1S/C10H8F2N2S/c11-7-3-8(12)5-9(4-7)14-6-10-13-1-2-15-10/h1-5,14H,6H2. The third-order valence-electron chi connectivity index (χ3n) is 1.79. The zero-order valence-corrected chi connectivity index (χ0v) is 8.52. The van der Waals surface area contributed by atoms with Gasteiger partial charge in [-0.3, -0.25) is 0 Å². The van der Waals surface area contributed by atoms with E-state index < -0.39 is 11.6 Å². The molecule has 2 nitrogen and oxygen atoms in total. The van der Waals surface area contributed by atoms with Crippen LogP contribution in [0.25, 0.3) is 0 Å². The molecule has 0 aliphatic heterocycles. The van der Waals surface area contributed by atoms with E-state index in [1.165, 1.54) is 23.5 Å². The van der Waals surface area contributed by atoms with E-state index in [1.54, 1.807) is 6.20 Å². The lowest BCUT2D eigenvalue weighted by molar-refractivity contribution is 0.584. The molecule has 0 aliphatic rings. The minimum absolute atomic E-state index is 0.419. The Labute approximate surface area is 89.6 Å². The molecule has 0 amide bonds. The van der Waals surface area contributed by atoms with Crippen LogP contribution in [0.2, 0.25) is 0 Å². The van der Waals surface area contributed by atoms with Crippen molar-refractivity contribution in [2.45, 2.75) is 6.54 Å². The van der Waals surface area contributed by atoms with Crippen LogP contribution >= 0.6 is 11.3 Å². The molecule has 1 heterocycles. The molecule has 1 aromatic heterocycles. The van der Waals surface area contributed by atoms with Crippen LogP contribution < -0.4 is 5.32 Å². The molecule has 0 atom stereocenters. The second-order valence-electron chi connectivity index (χ2n) is 2.94. The fourth-order valence-electron chi connectivity index (χ4n) is 1.17. The Bertz CT molecular complexity index is 422. The Morgan fingerprint density at radius 1 is 1.20 bits per heavy atom. The van der Waals surface area contributed by atoms with E-state index in [9.17, 15) is 8.78 Å². The highest BCUT2D eigenvalue weighted by atomic mass is 32.1. The zero-order valence-electron chi connectivity index (χ0n) is 7.71. The van der Waals surface area contributed by atoms with Crippen LogP contribution in [-0.2, 0) is 6.54 Å². The first kappa shape index (κ1) is 10.0. The minimum atomic E-state index is -0.586. The van der Waals surface area contributed by atoms with Crippen molar-refractivity contribution in [1.29, 1.82) is 0 Å². The van der Waals surface area contributed by atoms with Crippen molar-refractivity contribution < 1.29 is 8.78 Å². The molecular formula is C10H8F2N2S. The van der Waals surface area contributed by atoms with Gasteiger partial charge >= 0.3 is 0 Å². The van der Waals surface area contributed by atoms with E-state index in [0.717, 1.165) is 11.1 Å². The summed E-state index contributed by atoms with van der Waals surface area (Å²) < 4.78 is 25.6. The first-order chi connectivity index (χ1) is 7.24. The fourth-order valence-corrected chi connectivity index (χ4v) is 1.73. The van der Waals surface area contributed by atoms with Gasteiger partial charge in [0, 0.05) is 23.3 Å². The molecule has 15 heavy (non-hydrogen) atoms. The van der Waals surface area contributed by atoms with Crippen LogP contribution in [0, 0.1) is 11.6 Å². The summed E-state index contributed by atoms with van der Waals surface area (Å²) in [5, 5.41) is 5.62. The van der Waals surface area contributed by atoms with E-state index in [4.69, 9.17) is 0 Å². The SMILES string of the molecule is Fc1cc(F)cc(NCc2nccs2)c1. The summed E-state index contributed by atoms with van der Waals surface area (Å²) in [7, 11) is 0. The summed E-state index contributed by atoms with van der Waals surface area (Å²) in [6, 6.07) is 3.34. The topological polar surface area (TPSA) is 24.9 Å². The van der Waals surface area contributed by atoms with Gasteiger partial charge in [-0.2, -0.15) is 0 Å². The Kier molecular flexibility index (Phi) is 2.91. The molecule has 0 radical (unpaired) electrons. The summed E-state index contributed by atoms with van der Waals surface area (Å²) in [5.41, 5.74) is 0.419. The monoisotopic (exact) mass is 226 g/mol. The zero-order chi connectivity index (χ0) is 10.7. The predicted molar refractivity (Wildman–Crippen MR) is 55.8 cm³/mol. The quantitative estimate of drug-likeness (QED) is 0.870. The van der Waals surface area contributed by atoms with Crippen molar-refractivity contribution >= 4 is 17.0 Å². The van der Waals surface area contributed by atoms with Crippen molar-refractivity contribution in [1.82, 2.24) is 4.98 Å². The molecule has 0 spiro atoms. The van der Waals surface area contributed by atoms with Gasteiger partial charge in [0.15, 0.2) is 0 Å². The lowest BCUT2D eigenvalue weighted by Crippen LogP contribution is -1.99. The Morgan fingerprint density at radius 3 is 2.53 bits per heavy atom. The maximum absolute atomic E-state index is 12.8. The molecule has 2 aromatic rings. The average Bonchev–Trinajstić information content (AvgIpc) is 2.65. The van der Waals surface area contributed by atoms with Crippen molar-refractivity contribution in [3.8, 4) is 0 Å². The smallest absolute Gasteiger partial charge is 0.128 e. The lowest BCUT2D eigenvalue weighted by atomic mass is 10.3. The average molecular weight is 226 g/mol. The third-order valence-corrected chi connectivity index (χ3v) is 2.57. The molecule has 1 aromatic carbocycles. The highest BCUT2D eigenvalue weighted by Gasteiger charge is 2.00. The number of hydrogen-bond donors (Lipinski definition) is 1. The van der Waals surface area contributed by atoms with Crippen LogP contribution in [0.3, 0.4) is 0 Å². The normalized spacial score (nSPS) is 10.3. The molecule has 0 fully saturated rings. The largest absolute Gasteiger partial charge is 0.378 e. The molecular weight excluding hydrogens is 218 g/mol. The number of rotatable bonds is 3. The van der Waals surface area contributed by atoms with Crippen molar-refractivity contribution in [2.24, 2.45) is 0 Å². The Balaban J connectivity index is 2.05. The molecule has 5 heteroatoms. The van der Waals surface area contributed by atoms with Gasteiger partial charge in [0.1, 0.15) is 16.6 Å². The van der Waals surface area contributed by atoms with Gasteiger partial charge in [0.2, 0.25) is 0 Å². The maximum Gasteiger partial charge on any atom is 0.128 e. The van der Waals surface area contributed by atoms with Crippen LogP contribution in [0.15, 0.2) is 29.8 Å². The van der Waals surface area contributed by atoms with Crippen molar-refractivity contribution in [3.63, 3.8) is 0 Å². The first-order valence-electron chi connectivity index (χ1n) is 4.32. The Morgan fingerprint density at radius 2 is 1.93 bits per heavy atom. The summed E-state index contributed by atoms with van der Waals surface area (Å²) >= 11 is 1.49. The molecule has 1 N–H and O–H groups in total. The second kappa shape index (κ2) is 4.35. The van der Waals surface area contributed by atoms with Crippen LogP contribution in [0.1, 0.15) is 5.01 Å². The summed E-state index contributed by atoms with van der Waals surface area (Å²) in [5.74, 6) is -1.17. The lowest BCUT2D eigenvalue weighted by Gasteiger charge is -2.04. The molecule has 0 aliphatic carbocycles. The second-order valence-corrected chi connectivity index (χ2v) is 3.92. The molecule has 78 valence electrons. The summed E-state index contributed by atoms with van der Waals surface area (Å²) in [6.07, 6.45) is 1.69. The van der Waals surface area contributed by atoms with Crippen LogP contribution in [0.4, 0.5) is 14.5 Å². The number of halogens is 2. The van der Waals surface area contributed by atoms with E-state index >= 15 is 0 Å². The number of anilines is 1. The molecule has 0 unspecified atom stereocenters. The minimum Gasteiger partial charge on any atom is -0.378 e. The maximum atomic E-state index is 12.8. The van der Waals surface area contributed by atoms with E-state index in [-0.39, 0.29) is 0 Å². The number of thiazole rings is 1. The Hall–Kier alpha value is -1.49. The molecule has 0 bridgehead atoms. The highest BCUT2D eigenvalue weighted by Crippen LogP contribution is 2.14. The van der Waals surface area contributed by atoms with Gasteiger partial charge < -0.3 is 5.32 Å². The van der Waals surface area contributed by atoms with Crippen LogP contribution in [-0.4, -0.2) is 4.98 Å². The van der Waals surface area contributed by atoms with Gasteiger partial charge in [-0.05, 0) is 12.1 Å². The van der Waals surface area contributed by atoms with Gasteiger partial charge in [-0.15, -0.1) is 11.3 Å². The number of nitrogens with zero attached hydrogens (tertiary/aromatic N) is 1. The highest BCUT2D eigenvalue weighted by molar-refractivity contribution is 7.09. The van der Waals surface area contributed by atoms with E-state index in [0.29, 0.717) is 12.2 Å². The van der Waals surface area contributed by atoms with E-state index in [2.05, 4.69) is 10.3 Å². The van der Waals surface area contributed by atoms with E-state index in [1.807, 2.05) is 5.38 Å². The number of hydrogen-bond acceptors (Lipinski definition) is 3. The number of benzene rings is 1. The molecule has 2 rings (SSSR count). The van der Waals surface area contributed by atoms with Crippen molar-refractivity contribution in [3.05, 3.63) is 46.4 Å². The van der Waals surface area contributed by atoms with Crippen molar-refractivity contribution in [2.75, 3.05) is 5.32 Å². The summed E-state index contributed by atoms with van der Waals surface area (Å²) in [4.78, 5) is 4.04. The predicted octanol–water partition coefficient (Wildman–Crippen LogP) is 3.03. The van der Waals surface area contributed by atoms with Gasteiger partial charge in [-0.1, -0.05) is 0 Å². The van der Waals surface area contributed by atoms with Gasteiger partial charge in [-0.25, -0.2) is 13.8 Å². The fraction of sp³-hybridized carbons (Fsp3) is 0.100. The van der Waals surface area contributed by atoms with Crippen LogP contribution in [0.5, 0.6) is 0 Å². The summed E-state index contributed by atoms with van der Waals surface area (Å²) in [6.45, 7) is 0.473. The van der Waals surface area contributed by atoms with Gasteiger partial charge in [0.05, 0.1) is 6.54 Å². The first-order valence-corrected chi connectivity index (χ1v) is 5.20. The van der Waals surface area contributed by atoms with Gasteiger partial charge in [0.25, 0.3) is 0 Å². The number of nitrogens with one attached hydrogen (secondary N) is 1. The molecule has 0 saturated heterocycles.